The number of fused-ring (bicyclic) bond motifs is 1. The highest BCUT2D eigenvalue weighted by Gasteiger charge is 2.10. The molecule has 0 radical (unpaired) electrons. The zero-order chi connectivity index (χ0) is 22.6. The van der Waals surface area contributed by atoms with Crippen LogP contribution in [0.4, 0.5) is 17.3 Å². The van der Waals surface area contributed by atoms with Gasteiger partial charge in [-0.15, -0.1) is 0 Å². The fourth-order valence-electron chi connectivity index (χ4n) is 3.38. The van der Waals surface area contributed by atoms with Crippen molar-refractivity contribution in [2.75, 3.05) is 10.6 Å². The van der Waals surface area contributed by atoms with Crippen molar-refractivity contribution in [2.45, 2.75) is 17.8 Å². The van der Waals surface area contributed by atoms with Crippen molar-refractivity contribution in [2.24, 2.45) is 0 Å². The maximum absolute atomic E-state index is 12.7. The number of hydrogen-bond acceptors (Lipinski definition) is 6. The van der Waals surface area contributed by atoms with Gasteiger partial charge in [-0.25, -0.2) is 9.97 Å². The molecule has 0 saturated carbocycles. The summed E-state index contributed by atoms with van der Waals surface area (Å²) in [6.45, 7) is 1.94. The first-order valence-corrected chi connectivity index (χ1v) is 11.3. The molecule has 3 heterocycles. The lowest BCUT2D eigenvalue weighted by Crippen LogP contribution is -2.12. The van der Waals surface area contributed by atoms with E-state index >= 15 is 0 Å². The average Bonchev–Trinajstić information content (AvgIpc) is 3.47. The van der Waals surface area contributed by atoms with Crippen molar-refractivity contribution in [3.8, 4) is 0 Å². The smallest absolute Gasteiger partial charge is 0.255 e. The van der Waals surface area contributed by atoms with Crippen molar-refractivity contribution >= 4 is 45.9 Å². The van der Waals surface area contributed by atoms with Gasteiger partial charge >= 0.3 is 0 Å². The maximum Gasteiger partial charge on any atom is 0.255 e. The van der Waals surface area contributed by atoms with Gasteiger partial charge in [0.25, 0.3) is 5.91 Å². The molecule has 5 rings (SSSR count). The quantitative estimate of drug-likeness (QED) is 0.196. The Kier molecular flexibility index (Phi) is 5.77. The van der Waals surface area contributed by atoms with E-state index in [4.69, 9.17) is 0 Å². The van der Waals surface area contributed by atoms with Gasteiger partial charge in [-0.2, -0.15) is 5.10 Å². The second kappa shape index (κ2) is 9.17. The highest BCUT2D eigenvalue weighted by Crippen LogP contribution is 2.24. The van der Waals surface area contributed by atoms with E-state index in [1.165, 1.54) is 11.8 Å². The molecular formula is C24H21N7OS. The number of para-hydroxylation sites is 1. The number of aryl methyl sites for hydroxylation is 1. The summed E-state index contributed by atoms with van der Waals surface area (Å²) in [5.74, 6) is 1.94. The molecule has 2 aromatic carbocycles. The Balaban J connectivity index is 1.20. The molecule has 0 unspecified atom stereocenters. The molecule has 0 spiro atoms. The van der Waals surface area contributed by atoms with Gasteiger partial charge in [0.15, 0.2) is 11.0 Å². The number of carbonyl (C=O) groups is 1. The van der Waals surface area contributed by atoms with Crippen LogP contribution < -0.4 is 10.6 Å². The van der Waals surface area contributed by atoms with Crippen LogP contribution in [0.2, 0.25) is 0 Å². The molecule has 8 nitrogen and oxygen atoms in total. The topological polar surface area (TPSA) is 111 Å². The van der Waals surface area contributed by atoms with Gasteiger partial charge in [0.1, 0.15) is 5.82 Å². The Morgan fingerprint density at radius 1 is 1.06 bits per heavy atom. The number of aromatic amines is 2. The van der Waals surface area contributed by atoms with Crippen molar-refractivity contribution in [3.63, 3.8) is 0 Å². The molecule has 164 valence electrons. The zero-order valence-corrected chi connectivity index (χ0v) is 18.6. The zero-order valence-electron chi connectivity index (χ0n) is 17.8. The summed E-state index contributed by atoms with van der Waals surface area (Å²) >= 11 is 1.53. The number of nitrogens with zero attached hydrogens (tertiary/aromatic N) is 3. The van der Waals surface area contributed by atoms with E-state index in [1.807, 2.05) is 67.7 Å². The molecule has 33 heavy (non-hydrogen) atoms. The van der Waals surface area contributed by atoms with Crippen molar-refractivity contribution < 1.29 is 4.79 Å². The summed E-state index contributed by atoms with van der Waals surface area (Å²) in [7, 11) is 0. The van der Waals surface area contributed by atoms with Crippen LogP contribution in [0.1, 0.15) is 21.6 Å². The molecule has 0 aliphatic carbocycles. The monoisotopic (exact) mass is 455 g/mol. The van der Waals surface area contributed by atoms with E-state index in [9.17, 15) is 4.79 Å². The third-order valence-corrected chi connectivity index (χ3v) is 5.95. The van der Waals surface area contributed by atoms with Gasteiger partial charge in [0.2, 0.25) is 0 Å². The molecule has 0 bridgehead atoms. The molecule has 5 aromatic rings. The Morgan fingerprint density at radius 3 is 2.76 bits per heavy atom. The lowest BCUT2D eigenvalue weighted by Gasteiger charge is -2.08. The van der Waals surface area contributed by atoms with Gasteiger partial charge in [-0.3, -0.25) is 9.89 Å². The van der Waals surface area contributed by atoms with Crippen LogP contribution in [0.25, 0.3) is 10.9 Å². The number of hydrogen-bond donors (Lipinski definition) is 4. The third kappa shape index (κ3) is 4.88. The third-order valence-electron chi connectivity index (χ3n) is 5.02. The Hall–Kier alpha value is -4.11. The molecule has 0 saturated heterocycles. The Morgan fingerprint density at radius 2 is 1.94 bits per heavy atom. The van der Waals surface area contributed by atoms with Crippen LogP contribution >= 0.6 is 11.8 Å². The SMILES string of the molecule is Cc1cc(Nc2ccnc(SCc3ccc(C(=O)Nc4cccc5cc[nH]c45)cc3)n2)n[nH]1. The van der Waals surface area contributed by atoms with Crippen LogP contribution in [-0.2, 0) is 5.75 Å². The van der Waals surface area contributed by atoms with E-state index in [0.717, 1.165) is 27.8 Å². The first-order valence-electron chi connectivity index (χ1n) is 10.4. The molecule has 0 fully saturated rings. The van der Waals surface area contributed by atoms with Gasteiger partial charge < -0.3 is 15.6 Å². The second-order valence-electron chi connectivity index (χ2n) is 7.47. The fraction of sp³-hybridized carbons (Fsp3) is 0.0833. The van der Waals surface area contributed by atoms with Crippen LogP contribution in [0.15, 0.2) is 78.2 Å². The lowest BCUT2D eigenvalue weighted by atomic mass is 10.1. The fourth-order valence-corrected chi connectivity index (χ4v) is 4.16. The number of aromatic nitrogens is 5. The number of rotatable bonds is 7. The lowest BCUT2D eigenvalue weighted by molar-refractivity contribution is 0.102. The van der Waals surface area contributed by atoms with Crippen molar-refractivity contribution in [1.82, 2.24) is 25.1 Å². The normalized spacial score (nSPS) is 10.9. The summed E-state index contributed by atoms with van der Waals surface area (Å²) in [5, 5.41) is 14.9. The average molecular weight is 456 g/mol. The minimum absolute atomic E-state index is 0.146. The first-order chi connectivity index (χ1) is 16.1. The summed E-state index contributed by atoms with van der Waals surface area (Å²) in [6, 6.07) is 19.1. The summed E-state index contributed by atoms with van der Waals surface area (Å²) in [5.41, 5.74) is 4.33. The van der Waals surface area contributed by atoms with Gasteiger partial charge in [-0.1, -0.05) is 36.0 Å². The molecule has 4 N–H and O–H groups in total. The standard InChI is InChI=1S/C24H21N7OS/c1-15-13-21(31-30-15)28-20-10-12-26-24(29-20)33-14-16-5-7-18(8-6-16)23(32)27-19-4-2-3-17-9-11-25-22(17)19/h2-13,25H,14H2,1H3,(H,27,32)(H2,26,28,29,30,31). The Labute approximate surface area is 194 Å². The number of amides is 1. The predicted octanol–water partition coefficient (Wildman–Crippen LogP) is 5.28. The number of carbonyl (C=O) groups excluding carboxylic acids is 1. The number of benzene rings is 2. The van der Waals surface area contributed by atoms with E-state index in [-0.39, 0.29) is 5.91 Å². The number of nitrogens with one attached hydrogen (secondary N) is 4. The molecule has 1 amide bonds. The largest absolute Gasteiger partial charge is 0.359 e. The number of H-pyrrole nitrogens is 2. The van der Waals surface area contributed by atoms with Crippen LogP contribution in [0, 0.1) is 6.92 Å². The van der Waals surface area contributed by atoms with E-state index in [1.54, 1.807) is 12.3 Å². The predicted molar refractivity (Wildman–Crippen MR) is 131 cm³/mol. The molecular weight excluding hydrogens is 434 g/mol. The minimum atomic E-state index is -0.146. The van der Waals surface area contributed by atoms with Crippen LogP contribution in [0.5, 0.6) is 0 Å². The summed E-state index contributed by atoms with van der Waals surface area (Å²) in [4.78, 5) is 24.7. The Bertz CT molecular complexity index is 1410. The first kappa shape index (κ1) is 20.8. The molecule has 9 heteroatoms. The van der Waals surface area contributed by atoms with Crippen molar-refractivity contribution in [3.05, 3.63) is 89.9 Å². The number of anilines is 3. The second-order valence-corrected chi connectivity index (χ2v) is 8.42. The minimum Gasteiger partial charge on any atom is -0.359 e. The highest BCUT2D eigenvalue weighted by atomic mass is 32.2. The van der Waals surface area contributed by atoms with Crippen LogP contribution in [0.3, 0.4) is 0 Å². The van der Waals surface area contributed by atoms with E-state index in [2.05, 4.69) is 35.8 Å². The van der Waals surface area contributed by atoms with Crippen LogP contribution in [-0.4, -0.2) is 31.1 Å². The van der Waals surface area contributed by atoms with Gasteiger partial charge in [0.05, 0.1) is 11.2 Å². The summed E-state index contributed by atoms with van der Waals surface area (Å²) < 4.78 is 0. The molecule has 0 aliphatic heterocycles. The van der Waals surface area contributed by atoms with E-state index in [0.29, 0.717) is 28.1 Å². The summed E-state index contributed by atoms with van der Waals surface area (Å²) in [6.07, 6.45) is 3.58. The van der Waals surface area contributed by atoms with Gasteiger partial charge in [0, 0.05) is 40.9 Å². The van der Waals surface area contributed by atoms with Crippen molar-refractivity contribution in [1.29, 1.82) is 0 Å². The highest BCUT2D eigenvalue weighted by molar-refractivity contribution is 7.98. The van der Waals surface area contributed by atoms with E-state index < -0.39 is 0 Å². The molecule has 3 aromatic heterocycles. The van der Waals surface area contributed by atoms with Gasteiger partial charge in [-0.05, 0) is 42.8 Å². The molecule has 0 aliphatic rings. The maximum atomic E-state index is 12.7. The molecule has 0 atom stereocenters. The number of thioether (sulfide) groups is 1.